The van der Waals surface area contributed by atoms with Gasteiger partial charge in [-0.1, -0.05) is 0 Å². The van der Waals surface area contributed by atoms with E-state index in [1.165, 1.54) is 12.1 Å². The van der Waals surface area contributed by atoms with Crippen molar-refractivity contribution in [3.63, 3.8) is 0 Å². The van der Waals surface area contributed by atoms with Crippen LogP contribution in [0.4, 0.5) is 4.39 Å². The molecule has 2 aromatic rings. The third-order valence-corrected chi connectivity index (χ3v) is 3.56. The molecule has 1 aromatic carbocycles. The Morgan fingerprint density at radius 1 is 1.39 bits per heavy atom. The molecule has 3 atom stereocenters. The van der Waals surface area contributed by atoms with Gasteiger partial charge in [0.05, 0.1) is 18.8 Å². The van der Waals surface area contributed by atoms with E-state index in [0.29, 0.717) is 18.0 Å². The first-order valence-corrected chi connectivity index (χ1v) is 6.19. The molecule has 0 aliphatic carbocycles. The van der Waals surface area contributed by atoms with Crippen LogP contribution in [0.15, 0.2) is 28.7 Å². The van der Waals surface area contributed by atoms with Crippen molar-refractivity contribution >= 4 is 11.0 Å². The first-order valence-electron chi connectivity index (χ1n) is 6.19. The molecular formula is C14H16FNO2. The highest BCUT2D eigenvalue weighted by Crippen LogP contribution is 2.32. The fourth-order valence-corrected chi connectivity index (χ4v) is 2.53. The molecule has 0 saturated carbocycles. The van der Waals surface area contributed by atoms with Crippen molar-refractivity contribution in [2.24, 2.45) is 11.7 Å². The Bertz CT molecular complexity index is 566. The fraction of sp³-hybridized carbons (Fsp3) is 0.429. The molecule has 1 aliphatic rings. The number of benzene rings is 1. The summed E-state index contributed by atoms with van der Waals surface area (Å²) in [6.45, 7) is 2.70. The summed E-state index contributed by atoms with van der Waals surface area (Å²) < 4.78 is 24.3. The first kappa shape index (κ1) is 11.7. The number of hydrogen-bond donors (Lipinski definition) is 1. The lowest BCUT2D eigenvalue weighted by atomic mass is 9.96. The lowest BCUT2D eigenvalue weighted by Gasteiger charge is -2.14. The van der Waals surface area contributed by atoms with E-state index in [4.69, 9.17) is 14.9 Å². The standard InChI is InChI=1S/C14H16FNO2/c1-8-4-10(7-17-8)14(16)13-6-9-5-11(15)2-3-12(9)18-13/h2-3,5-6,8,10,14H,4,7,16H2,1H3. The molecule has 3 nitrogen and oxygen atoms in total. The Hall–Kier alpha value is -1.39. The molecule has 2 heterocycles. The van der Waals surface area contributed by atoms with E-state index in [2.05, 4.69) is 0 Å². The zero-order chi connectivity index (χ0) is 12.7. The van der Waals surface area contributed by atoms with Crippen molar-refractivity contribution in [1.82, 2.24) is 0 Å². The van der Waals surface area contributed by atoms with Crippen molar-refractivity contribution in [2.75, 3.05) is 6.61 Å². The lowest BCUT2D eigenvalue weighted by molar-refractivity contribution is 0.117. The maximum absolute atomic E-state index is 13.1. The van der Waals surface area contributed by atoms with Crippen LogP contribution >= 0.6 is 0 Å². The van der Waals surface area contributed by atoms with Gasteiger partial charge in [-0.3, -0.25) is 0 Å². The molecule has 0 bridgehead atoms. The van der Waals surface area contributed by atoms with Crippen molar-refractivity contribution < 1.29 is 13.5 Å². The molecule has 1 aromatic heterocycles. The first-order chi connectivity index (χ1) is 8.63. The number of nitrogens with two attached hydrogens (primary N) is 1. The van der Waals surface area contributed by atoms with Gasteiger partial charge in [0, 0.05) is 11.3 Å². The third kappa shape index (κ3) is 2.02. The second-order valence-electron chi connectivity index (χ2n) is 5.00. The summed E-state index contributed by atoms with van der Waals surface area (Å²) in [7, 11) is 0. The van der Waals surface area contributed by atoms with E-state index >= 15 is 0 Å². The SMILES string of the molecule is CC1CC(C(N)c2cc3cc(F)ccc3o2)CO1. The molecule has 4 heteroatoms. The quantitative estimate of drug-likeness (QED) is 0.890. The lowest BCUT2D eigenvalue weighted by Crippen LogP contribution is -2.21. The minimum atomic E-state index is -0.263. The Morgan fingerprint density at radius 2 is 2.22 bits per heavy atom. The van der Waals surface area contributed by atoms with Crippen molar-refractivity contribution in [3.05, 3.63) is 35.8 Å². The van der Waals surface area contributed by atoms with Crippen LogP contribution in [0.2, 0.25) is 0 Å². The fourth-order valence-electron chi connectivity index (χ4n) is 2.53. The van der Waals surface area contributed by atoms with Gasteiger partial charge < -0.3 is 14.9 Å². The summed E-state index contributed by atoms with van der Waals surface area (Å²) in [6.07, 6.45) is 1.19. The summed E-state index contributed by atoms with van der Waals surface area (Å²) in [6, 6.07) is 6.12. The summed E-state index contributed by atoms with van der Waals surface area (Å²) in [5.74, 6) is 0.713. The second-order valence-corrected chi connectivity index (χ2v) is 5.00. The minimum absolute atomic E-state index is 0.189. The van der Waals surface area contributed by atoms with E-state index in [9.17, 15) is 4.39 Å². The Labute approximate surface area is 105 Å². The molecule has 1 aliphatic heterocycles. The van der Waals surface area contributed by atoms with Crippen molar-refractivity contribution in [1.29, 1.82) is 0 Å². The summed E-state index contributed by atoms with van der Waals surface area (Å²) >= 11 is 0. The number of fused-ring (bicyclic) bond motifs is 1. The van der Waals surface area contributed by atoms with E-state index in [0.717, 1.165) is 11.8 Å². The van der Waals surface area contributed by atoms with Crippen LogP contribution < -0.4 is 5.73 Å². The predicted octanol–water partition coefficient (Wildman–Crippen LogP) is 3.00. The van der Waals surface area contributed by atoms with Crippen LogP contribution in [0, 0.1) is 11.7 Å². The predicted molar refractivity (Wildman–Crippen MR) is 66.6 cm³/mol. The molecule has 1 saturated heterocycles. The Balaban J connectivity index is 1.89. The number of ether oxygens (including phenoxy) is 1. The van der Waals surface area contributed by atoms with Crippen LogP contribution in [0.5, 0.6) is 0 Å². The summed E-state index contributed by atoms with van der Waals surface area (Å²) in [5.41, 5.74) is 6.87. The molecule has 96 valence electrons. The van der Waals surface area contributed by atoms with Gasteiger partial charge in [0.15, 0.2) is 0 Å². The van der Waals surface area contributed by atoms with Gasteiger partial charge >= 0.3 is 0 Å². The van der Waals surface area contributed by atoms with Crippen LogP contribution in [0.25, 0.3) is 11.0 Å². The molecular weight excluding hydrogens is 233 g/mol. The zero-order valence-electron chi connectivity index (χ0n) is 10.2. The molecule has 0 amide bonds. The highest BCUT2D eigenvalue weighted by molar-refractivity contribution is 5.78. The molecule has 3 unspecified atom stereocenters. The maximum atomic E-state index is 13.1. The topological polar surface area (TPSA) is 48.4 Å². The smallest absolute Gasteiger partial charge is 0.134 e. The Kier molecular flexibility index (Phi) is 2.84. The van der Waals surface area contributed by atoms with Gasteiger partial charge in [-0.25, -0.2) is 4.39 Å². The van der Waals surface area contributed by atoms with Gasteiger partial charge in [0.1, 0.15) is 17.2 Å². The molecule has 18 heavy (non-hydrogen) atoms. The highest BCUT2D eigenvalue weighted by atomic mass is 19.1. The van der Waals surface area contributed by atoms with E-state index in [-0.39, 0.29) is 23.9 Å². The van der Waals surface area contributed by atoms with Gasteiger partial charge in [-0.2, -0.15) is 0 Å². The number of halogens is 1. The number of rotatable bonds is 2. The van der Waals surface area contributed by atoms with Crippen LogP contribution in [0.3, 0.4) is 0 Å². The van der Waals surface area contributed by atoms with Crippen LogP contribution in [-0.4, -0.2) is 12.7 Å². The minimum Gasteiger partial charge on any atom is -0.459 e. The monoisotopic (exact) mass is 249 g/mol. The largest absolute Gasteiger partial charge is 0.459 e. The van der Waals surface area contributed by atoms with Crippen molar-refractivity contribution in [2.45, 2.75) is 25.5 Å². The van der Waals surface area contributed by atoms with Gasteiger partial charge in [0.2, 0.25) is 0 Å². The number of hydrogen-bond acceptors (Lipinski definition) is 3. The zero-order valence-corrected chi connectivity index (χ0v) is 10.2. The van der Waals surface area contributed by atoms with Crippen molar-refractivity contribution in [3.8, 4) is 0 Å². The maximum Gasteiger partial charge on any atom is 0.134 e. The molecule has 0 spiro atoms. The van der Waals surface area contributed by atoms with E-state index in [1.54, 1.807) is 6.07 Å². The van der Waals surface area contributed by atoms with Crippen LogP contribution in [-0.2, 0) is 4.74 Å². The normalized spacial score (nSPS) is 25.7. The molecule has 1 fully saturated rings. The van der Waals surface area contributed by atoms with E-state index in [1.807, 2.05) is 13.0 Å². The molecule has 2 N–H and O–H groups in total. The third-order valence-electron chi connectivity index (χ3n) is 3.56. The summed E-state index contributed by atoms with van der Waals surface area (Å²) in [5, 5.41) is 0.757. The van der Waals surface area contributed by atoms with Gasteiger partial charge in [-0.15, -0.1) is 0 Å². The second kappa shape index (κ2) is 4.37. The number of furan rings is 1. The van der Waals surface area contributed by atoms with Gasteiger partial charge in [-0.05, 0) is 37.6 Å². The average Bonchev–Trinajstić information content (AvgIpc) is 2.93. The highest BCUT2D eigenvalue weighted by Gasteiger charge is 2.30. The van der Waals surface area contributed by atoms with Crippen LogP contribution in [0.1, 0.15) is 25.1 Å². The molecule has 3 rings (SSSR count). The van der Waals surface area contributed by atoms with E-state index < -0.39 is 0 Å². The Morgan fingerprint density at radius 3 is 2.94 bits per heavy atom. The summed E-state index contributed by atoms with van der Waals surface area (Å²) in [4.78, 5) is 0. The average molecular weight is 249 g/mol. The molecule has 0 radical (unpaired) electrons. The van der Waals surface area contributed by atoms with Gasteiger partial charge in [0.25, 0.3) is 0 Å².